The molecule has 1 aliphatic heterocycles. The van der Waals surface area contributed by atoms with Crippen molar-refractivity contribution in [3.8, 4) is 5.88 Å². The number of nitrogens with zero attached hydrogens (tertiary/aromatic N) is 3. The Morgan fingerprint density at radius 2 is 1.69 bits per heavy atom. The van der Waals surface area contributed by atoms with Crippen LogP contribution in [0, 0.1) is 5.41 Å². The predicted molar refractivity (Wildman–Crippen MR) is 145 cm³/mol. The number of ether oxygens (including phenoxy) is 2. The van der Waals surface area contributed by atoms with Gasteiger partial charge in [-0.1, -0.05) is 92.1 Å². The van der Waals surface area contributed by atoms with Gasteiger partial charge in [-0.15, -0.1) is 4.37 Å². The average Bonchev–Trinajstić information content (AvgIpc) is 3.27. The molecular weight excluding hydrogens is 458 g/mol. The Bertz CT molecular complexity index is 787. The molecule has 2 rings (SSSR count). The lowest BCUT2D eigenvalue weighted by Gasteiger charge is -2.47. The first kappa shape index (κ1) is 29.8. The van der Waals surface area contributed by atoms with Gasteiger partial charge in [-0.3, -0.25) is 9.28 Å². The van der Waals surface area contributed by atoms with E-state index in [1.165, 1.54) is 56.7 Å². The maximum Gasteiger partial charge on any atom is 0.310 e. The number of rotatable bonds is 16. The van der Waals surface area contributed by atoms with Gasteiger partial charge in [0.15, 0.2) is 0 Å². The van der Waals surface area contributed by atoms with Crippen LogP contribution >= 0.6 is 11.7 Å². The molecule has 1 aromatic rings. The van der Waals surface area contributed by atoms with Crippen LogP contribution in [0.25, 0.3) is 5.57 Å². The molecule has 0 bridgehead atoms. The zero-order valence-electron chi connectivity index (χ0n) is 23.2. The van der Waals surface area contributed by atoms with E-state index >= 15 is 0 Å². The van der Waals surface area contributed by atoms with Crippen molar-refractivity contribution in [3.63, 3.8) is 0 Å². The molecule has 7 heteroatoms. The number of hydrogen-bond acceptors (Lipinski definition) is 6. The minimum Gasteiger partial charge on any atom is -0.475 e. The second-order valence-corrected chi connectivity index (χ2v) is 12.0. The largest absolute Gasteiger partial charge is 0.475 e. The number of quaternary nitrogens is 1. The van der Waals surface area contributed by atoms with E-state index in [-0.39, 0.29) is 17.6 Å². The van der Waals surface area contributed by atoms with Crippen LogP contribution in [0.3, 0.4) is 0 Å². The number of esters is 1. The van der Waals surface area contributed by atoms with E-state index in [0.29, 0.717) is 23.4 Å². The van der Waals surface area contributed by atoms with E-state index in [0.717, 1.165) is 50.0 Å². The second kappa shape index (κ2) is 14.9. The molecule has 35 heavy (non-hydrogen) atoms. The van der Waals surface area contributed by atoms with Gasteiger partial charge < -0.3 is 9.47 Å². The van der Waals surface area contributed by atoms with Crippen molar-refractivity contribution in [1.82, 2.24) is 8.75 Å². The fourth-order valence-corrected chi connectivity index (χ4v) is 5.61. The first-order valence-electron chi connectivity index (χ1n) is 13.9. The predicted octanol–water partition coefficient (Wildman–Crippen LogP) is 7.40. The maximum atomic E-state index is 12.8. The van der Waals surface area contributed by atoms with E-state index in [9.17, 15) is 4.79 Å². The third-order valence-corrected chi connectivity index (χ3v) is 7.36. The molecule has 2 heterocycles. The Hall–Kier alpha value is -1.47. The zero-order valence-corrected chi connectivity index (χ0v) is 24.1. The van der Waals surface area contributed by atoms with E-state index in [4.69, 9.17) is 9.47 Å². The first-order chi connectivity index (χ1) is 16.7. The quantitative estimate of drug-likeness (QED) is 0.132. The van der Waals surface area contributed by atoms with Gasteiger partial charge in [-0.2, -0.15) is 4.37 Å². The molecule has 0 fully saturated rings. The van der Waals surface area contributed by atoms with Crippen LogP contribution < -0.4 is 4.74 Å². The van der Waals surface area contributed by atoms with E-state index < -0.39 is 0 Å². The van der Waals surface area contributed by atoms with Crippen LogP contribution in [0.5, 0.6) is 5.88 Å². The number of carbonyl (C=O) groups excluding carboxylic acids is 1. The number of carbonyl (C=O) groups is 1. The van der Waals surface area contributed by atoms with Gasteiger partial charge in [0.25, 0.3) is 5.88 Å². The fourth-order valence-electron chi connectivity index (χ4n) is 5.08. The summed E-state index contributed by atoms with van der Waals surface area (Å²) >= 11 is 1.21. The molecule has 0 radical (unpaired) electrons. The van der Waals surface area contributed by atoms with Crippen molar-refractivity contribution < 1.29 is 18.8 Å². The summed E-state index contributed by atoms with van der Waals surface area (Å²) in [5.41, 5.74) is 1.84. The van der Waals surface area contributed by atoms with Gasteiger partial charge in [-0.05, 0) is 12.8 Å². The Balaban J connectivity index is 2.01. The zero-order chi connectivity index (χ0) is 25.7. The highest BCUT2D eigenvalue weighted by Gasteiger charge is 2.46. The lowest BCUT2D eigenvalue weighted by molar-refractivity contribution is -0.954. The highest BCUT2D eigenvalue weighted by Crippen LogP contribution is 2.37. The van der Waals surface area contributed by atoms with Crippen molar-refractivity contribution in [1.29, 1.82) is 0 Å². The summed E-state index contributed by atoms with van der Waals surface area (Å²) in [4.78, 5) is 12.8. The number of aromatic nitrogens is 2. The van der Waals surface area contributed by atoms with Crippen molar-refractivity contribution in [2.24, 2.45) is 5.41 Å². The van der Waals surface area contributed by atoms with Gasteiger partial charge in [-0.25, -0.2) is 0 Å². The van der Waals surface area contributed by atoms with Gasteiger partial charge in [0.2, 0.25) is 6.23 Å². The number of likely N-dealkylation sites (N-methyl/N-ethyl adjacent to an activating group) is 1. The molecule has 6 nitrogen and oxygen atoms in total. The molecule has 1 aromatic heterocycles. The molecule has 0 saturated heterocycles. The molecule has 0 aromatic carbocycles. The van der Waals surface area contributed by atoms with Crippen molar-refractivity contribution in [2.45, 2.75) is 118 Å². The number of hydrogen-bond donors (Lipinski definition) is 0. The lowest BCUT2D eigenvalue weighted by atomic mass is 9.89. The summed E-state index contributed by atoms with van der Waals surface area (Å²) in [7, 11) is 2.21. The summed E-state index contributed by atoms with van der Waals surface area (Å²) < 4.78 is 21.9. The van der Waals surface area contributed by atoms with Crippen LogP contribution in [0.15, 0.2) is 6.08 Å². The molecule has 0 amide bonds. The van der Waals surface area contributed by atoms with Crippen molar-refractivity contribution in [2.75, 3.05) is 26.7 Å². The Morgan fingerprint density at radius 1 is 1.03 bits per heavy atom. The molecular formula is C28H50N3O3S+. The Morgan fingerprint density at radius 3 is 2.37 bits per heavy atom. The summed E-state index contributed by atoms with van der Waals surface area (Å²) in [6.07, 6.45) is 15.1. The average molecular weight is 509 g/mol. The van der Waals surface area contributed by atoms with Crippen molar-refractivity contribution in [3.05, 3.63) is 11.8 Å². The highest BCUT2D eigenvalue weighted by atomic mass is 32.1. The molecule has 0 aliphatic carbocycles. The van der Waals surface area contributed by atoms with Crippen LogP contribution in [0.2, 0.25) is 0 Å². The van der Waals surface area contributed by atoms with Crippen LogP contribution in [-0.2, 0) is 9.53 Å². The third kappa shape index (κ3) is 9.83. The molecule has 2 unspecified atom stereocenters. The van der Waals surface area contributed by atoms with Crippen LogP contribution in [0.1, 0.15) is 117 Å². The van der Waals surface area contributed by atoms with E-state index in [1.54, 1.807) is 0 Å². The molecule has 0 spiro atoms. The summed E-state index contributed by atoms with van der Waals surface area (Å²) in [5.74, 6) is 0.584. The maximum absolute atomic E-state index is 12.8. The SMILES string of the molecule is CCCCCCCCC(=O)OC(C(C)(C)C)[N+]1(C)CCC=C(c2nsnc2OCCCCCC)C1. The molecule has 1 aliphatic rings. The topological polar surface area (TPSA) is 61.3 Å². The summed E-state index contributed by atoms with van der Waals surface area (Å²) in [6, 6.07) is 0. The summed E-state index contributed by atoms with van der Waals surface area (Å²) in [6.45, 7) is 13.3. The lowest BCUT2D eigenvalue weighted by Crippen LogP contribution is -2.61. The number of unbranched alkanes of at least 4 members (excludes halogenated alkanes) is 8. The first-order valence-corrected chi connectivity index (χ1v) is 14.6. The minimum atomic E-state index is -0.219. The van der Waals surface area contributed by atoms with Gasteiger partial charge in [0, 0.05) is 18.4 Å². The van der Waals surface area contributed by atoms with Gasteiger partial charge in [0.1, 0.15) is 12.2 Å². The summed E-state index contributed by atoms with van der Waals surface area (Å²) in [5, 5.41) is 0. The molecule has 0 N–H and O–H groups in total. The monoisotopic (exact) mass is 508 g/mol. The van der Waals surface area contributed by atoms with E-state index in [2.05, 4.69) is 56.5 Å². The Kier molecular flexibility index (Phi) is 12.7. The Labute approximate surface area is 218 Å². The van der Waals surface area contributed by atoms with Crippen molar-refractivity contribution >= 4 is 23.3 Å². The molecule has 2 atom stereocenters. The van der Waals surface area contributed by atoms with E-state index in [1.807, 2.05) is 0 Å². The van der Waals surface area contributed by atoms with Crippen LogP contribution in [0.4, 0.5) is 0 Å². The van der Waals surface area contributed by atoms with Gasteiger partial charge in [0.05, 0.1) is 37.3 Å². The highest BCUT2D eigenvalue weighted by molar-refractivity contribution is 6.99. The minimum absolute atomic E-state index is 0.0673. The molecule has 200 valence electrons. The normalized spacial score (nSPS) is 19.3. The third-order valence-electron chi connectivity index (χ3n) is 6.85. The van der Waals surface area contributed by atoms with Gasteiger partial charge >= 0.3 is 5.97 Å². The van der Waals surface area contributed by atoms with Crippen LogP contribution in [-0.4, -0.2) is 52.2 Å². The molecule has 0 saturated carbocycles. The smallest absolute Gasteiger partial charge is 0.310 e. The fraction of sp³-hybridized carbons (Fsp3) is 0.821. The standard InChI is InChI=1S/C28H50N3O3S/c1-7-9-11-13-14-15-19-24(32)34-27(28(3,4)5)31(6)20-17-18-23(22-31)25-26(30-35-29-25)33-21-16-12-10-8-2/h18,27H,7-17,19-22H2,1-6H3/q+1. The second-order valence-electron chi connectivity index (χ2n) is 11.4.